The summed E-state index contributed by atoms with van der Waals surface area (Å²) >= 11 is 0. The smallest absolute Gasteiger partial charge is 0.176 e. The second kappa shape index (κ2) is 6.60. The Bertz CT molecular complexity index is 516. The molecule has 1 aliphatic rings. The molecule has 0 bridgehead atoms. The van der Waals surface area contributed by atoms with Crippen LogP contribution in [-0.4, -0.2) is 54.7 Å². The Morgan fingerprint density at radius 2 is 2.00 bits per heavy atom. The summed E-state index contributed by atoms with van der Waals surface area (Å²) in [6, 6.07) is 3.10. The molecule has 2 rings (SSSR count). The van der Waals surface area contributed by atoms with E-state index in [-0.39, 0.29) is 17.9 Å². The lowest BCUT2D eigenvalue weighted by Gasteiger charge is -2.35. The summed E-state index contributed by atoms with van der Waals surface area (Å²) in [7, 11) is 1.71. The highest BCUT2D eigenvalue weighted by molar-refractivity contribution is 5.97. The van der Waals surface area contributed by atoms with Crippen molar-refractivity contribution in [3.63, 3.8) is 0 Å². The summed E-state index contributed by atoms with van der Waals surface area (Å²) in [6.07, 6.45) is 1.05. The van der Waals surface area contributed by atoms with E-state index >= 15 is 0 Å². The number of likely N-dealkylation sites (N-methyl/N-ethyl adjacent to an activating group) is 1. The van der Waals surface area contributed by atoms with Crippen LogP contribution in [0.25, 0.3) is 0 Å². The lowest BCUT2D eigenvalue weighted by molar-refractivity contribution is -0.0758. The predicted molar refractivity (Wildman–Crippen MR) is 73.2 cm³/mol. The number of Topliss-reactive ketones (excluding diaryl/α,β-unsaturated/α-hetero) is 1. The lowest BCUT2D eigenvalue weighted by atomic mass is 9.94. The summed E-state index contributed by atoms with van der Waals surface area (Å²) < 4.78 is 31.2. The second-order valence-electron chi connectivity index (χ2n) is 5.56. The molecule has 0 atom stereocenters. The second-order valence-corrected chi connectivity index (χ2v) is 5.56. The Hall–Kier alpha value is -1.37. The number of halogens is 2. The maximum Gasteiger partial charge on any atom is 0.176 e. The Labute approximate surface area is 122 Å². The van der Waals surface area contributed by atoms with Crippen LogP contribution in [0.15, 0.2) is 18.2 Å². The molecule has 1 aromatic carbocycles. The fourth-order valence-corrected chi connectivity index (χ4v) is 2.47. The van der Waals surface area contributed by atoms with Gasteiger partial charge in [0.2, 0.25) is 0 Å². The molecule has 0 saturated carbocycles. The SMILES string of the molecule is CN(CC(=O)c1ccc(F)c(F)c1)CC1(O)CCOCC1. The third kappa shape index (κ3) is 4.30. The molecule has 21 heavy (non-hydrogen) atoms. The van der Waals surface area contributed by atoms with E-state index in [4.69, 9.17) is 4.74 Å². The molecule has 6 heteroatoms. The van der Waals surface area contributed by atoms with Crippen molar-refractivity contribution in [3.8, 4) is 0 Å². The van der Waals surface area contributed by atoms with Gasteiger partial charge >= 0.3 is 0 Å². The molecule has 0 aliphatic carbocycles. The highest BCUT2D eigenvalue weighted by atomic mass is 19.2. The van der Waals surface area contributed by atoms with Crippen LogP contribution in [0.1, 0.15) is 23.2 Å². The molecule has 1 aromatic rings. The first-order valence-electron chi connectivity index (χ1n) is 6.86. The van der Waals surface area contributed by atoms with Gasteiger partial charge in [-0.3, -0.25) is 9.69 Å². The number of carbonyl (C=O) groups excluding carboxylic acids is 1. The average Bonchev–Trinajstić information content (AvgIpc) is 2.41. The lowest BCUT2D eigenvalue weighted by Crippen LogP contribution is -2.46. The Morgan fingerprint density at radius 1 is 1.33 bits per heavy atom. The molecule has 1 aliphatic heterocycles. The number of hydrogen-bond acceptors (Lipinski definition) is 4. The van der Waals surface area contributed by atoms with Gasteiger partial charge in [-0.15, -0.1) is 0 Å². The van der Waals surface area contributed by atoms with Gasteiger partial charge < -0.3 is 9.84 Å². The van der Waals surface area contributed by atoms with Crippen LogP contribution < -0.4 is 0 Å². The number of ether oxygens (including phenoxy) is 1. The van der Waals surface area contributed by atoms with Crippen LogP contribution in [0.2, 0.25) is 0 Å². The molecule has 116 valence electrons. The van der Waals surface area contributed by atoms with Crippen molar-refractivity contribution in [3.05, 3.63) is 35.4 Å². The molecule has 0 aromatic heterocycles. The molecule has 0 amide bonds. The quantitative estimate of drug-likeness (QED) is 0.840. The van der Waals surface area contributed by atoms with Crippen LogP contribution in [0, 0.1) is 11.6 Å². The highest BCUT2D eigenvalue weighted by Crippen LogP contribution is 2.21. The fraction of sp³-hybridized carbons (Fsp3) is 0.533. The number of ketones is 1. The first kappa shape index (κ1) is 16.0. The van der Waals surface area contributed by atoms with Crippen LogP contribution in [0.4, 0.5) is 8.78 Å². The van der Waals surface area contributed by atoms with Crippen molar-refractivity contribution >= 4 is 5.78 Å². The summed E-state index contributed by atoms with van der Waals surface area (Å²) in [6.45, 7) is 1.38. The number of nitrogens with zero attached hydrogens (tertiary/aromatic N) is 1. The van der Waals surface area contributed by atoms with Crippen molar-refractivity contribution in [2.24, 2.45) is 0 Å². The minimum atomic E-state index is -1.04. The van der Waals surface area contributed by atoms with Gasteiger partial charge in [0.25, 0.3) is 0 Å². The van der Waals surface area contributed by atoms with E-state index in [2.05, 4.69) is 0 Å². The Balaban J connectivity index is 1.93. The van der Waals surface area contributed by atoms with E-state index in [1.807, 2.05) is 0 Å². The number of benzene rings is 1. The Morgan fingerprint density at radius 3 is 2.62 bits per heavy atom. The summed E-state index contributed by atoms with van der Waals surface area (Å²) in [5, 5.41) is 10.4. The zero-order valence-corrected chi connectivity index (χ0v) is 11.9. The number of aliphatic hydroxyl groups is 1. The first-order valence-corrected chi connectivity index (χ1v) is 6.86. The summed E-state index contributed by atoms with van der Waals surface area (Å²) in [5.41, 5.74) is -0.735. The van der Waals surface area contributed by atoms with E-state index in [1.165, 1.54) is 6.07 Å². The topological polar surface area (TPSA) is 49.8 Å². The van der Waals surface area contributed by atoms with Crippen molar-refractivity contribution in [2.75, 3.05) is 33.4 Å². The van der Waals surface area contributed by atoms with Gasteiger partial charge in [-0.2, -0.15) is 0 Å². The van der Waals surface area contributed by atoms with E-state index in [9.17, 15) is 18.7 Å². The van der Waals surface area contributed by atoms with Gasteiger partial charge in [-0.05, 0) is 25.2 Å². The number of hydrogen-bond donors (Lipinski definition) is 1. The fourth-order valence-electron chi connectivity index (χ4n) is 2.47. The zero-order valence-electron chi connectivity index (χ0n) is 11.9. The molecule has 1 heterocycles. The summed E-state index contributed by atoms with van der Waals surface area (Å²) in [5.74, 6) is -2.32. The Kier molecular flexibility index (Phi) is 5.03. The number of rotatable bonds is 5. The summed E-state index contributed by atoms with van der Waals surface area (Å²) in [4.78, 5) is 13.7. The molecular formula is C15H19F2NO3. The minimum absolute atomic E-state index is 0.0360. The highest BCUT2D eigenvalue weighted by Gasteiger charge is 2.31. The molecule has 0 unspecified atom stereocenters. The van der Waals surface area contributed by atoms with Crippen molar-refractivity contribution in [1.29, 1.82) is 0 Å². The molecular weight excluding hydrogens is 280 g/mol. The van der Waals surface area contributed by atoms with Gasteiger partial charge in [0.15, 0.2) is 17.4 Å². The standard InChI is InChI=1S/C15H19F2NO3/c1-18(10-15(20)4-6-21-7-5-15)9-14(19)11-2-3-12(16)13(17)8-11/h2-3,8,20H,4-7,9-10H2,1H3. The number of carbonyl (C=O) groups is 1. The molecule has 1 saturated heterocycles. The third-order valence-electron chi connectivity index (χ3n) is 3.64. The van der Waals surface area contributed by atoms with E-state index in [0.717, 1.165) is 12.1 Å². The van der Waals surface area contributed by atoms with E-state index in [1.54, 1.807) is 11.9 Å². The van der Waals surface area contributed by atoms with Crippen LogP contribution in [-0.2, 0) is 4.74 Å². The van der Waals surface area contributed by atoms with E-state index in [0.29, 0.717) is 32.6 Å². The van der Waals surface area contributed by atoms with E-state index < -0.39 is 17.2 Å². The maximum absolute atomic E-state index is 13.1. The monoisotopic (exact) mass is 299 g/mol. The maximum atomic E-state index is 13.1. The van der Waals surface area contributed by atoms with Crippen LogP contribution >= 0.6 is 0 Å². The molecule has 1 fully saturated rings. The molecule has 0 radical (unpaired) electrons. The largest absolute Gasteiger partial charge is 0.388 e. The van der Waals surface area contributed by atoms with Crippen molar-refractivity contribution < 1.29 is 23.4 Å². The molecule has 4 nitrogen and oxygen atoms in total. The minimum Gasteiger partial charge on any atom is -0.388 e. The van der Waals surface area contributed by atoms with Gasteiger partial charge in [-0.25, -0.2) is 8.78 Å². The van der Waals surface area contributed by atoms with Crippen LogP contribution in [0.3, 0.4) is 0 Å². The van der Waals surface area contributed by atoms with Gasteiger partial charge in [0, 0.05) is 38.2 Å². The predicted octanol–water partition coefficient (Wildman–Crippen LogP) is 1.62. The van der Waals surface area contributed by atoms with Crippen molar-refractivity contribution in [2.45, 2.75) is 18.4 Å². The third-order valence-corrected chi connectivity index (χ3v) is 3.64. The molecule has 1 N–H and O–H groups in total. The zero-order chi connectivity index (χ0) is 15.5. The average molecular weight is 299 g/mol. The van der Waals surface area contributed by atoms with Crippen molar-refractivity contribution in [1.82, 2.24) is 4.90 Å². The van der Waals surface area contributed by atoms with Gasteiger partial charge in [-0.1, -0.05) is 0 Å². The van der Waals surface area contributed by atoms with Gasteiger partial charge in [0.05, 0.1) is 12.1 Å². The normalized spacial score (nSPS) is 18.0. The van der Waals surface area contributed by atoms with Gasteiger partial charge in [0.1, 0.15) is 0 Å². The first-order chi connectivity index (χ1) is 9.89. The van der Waals surface area contributed by atoms with Crippen LogP contribution in [0.5, 0.6) is 0 Å². The molecule has 0 spiro atoms.